The van der Waals surface area contributed by atoms with Crippen molar-refractivity contribution in [2.24, 2.45) is 5.92 Å². The van der Waals surface area contributed by atoms with Crippen LogP contribution in [0.25, 0.3) is 33.6 Å². The number of carboxylic acid groups (broad SMARTS) is 1. The van der Waals surface area contributed by atoms with Crippen molar-refractivity contribution >= 4 is 17.9 Å². The number of carbonyl (C=O) groups is 3. The standard InChI is InChI=1S/C45H53FN8O4/c1-6-52(7-2)40(31-13-9-8-10-14-31)44(56)54-24-12-15-37(54)41-47-26-35(49-41)30-19-17-29(18-20-30)32-21-22-33(34(46)25-32)36-27-48-42(50-36)38-16-11-23-53(38)43(55)39(28(3)4)51(5)45(57)58/h8-10,13-14,17-22,25-28,37-40H,6-7,11-12,15-16,23-24H2,1-5H3,(H,47,49)(H,48,50)(H,57,58)/t37?,38-,39-,40?/m0/s1. The fourth-order valence-electron chi connectivity index (χ4n) is 8.76. The molecule has 13 heteroatoms. The molecule has 2 aliphatic rings. The number of aromatic amines is 2. The number of likely N-dealkylation sites (tertiary alicyclic amines) is 2. The minimum Gasteiger partial charge on any atom is -0.465 e. The molecule has 3 aromatic carbocycles. The maximum Gasteiger partial charge on any atom is 0.407 e. The number of imidazole rings is 2. The van der Waals surface area contributed by atoms with Gasteiger partial charge in [-0.15, -0.1) is 0 Å². The number of hydrogen-bond donors (Lipinski definition) is 3. The van der Waals surface area contributed by atoms with Crippen LogP contribution in [0.4, 0.5) is 9.18 Å². The summed E-state index contributed by atoms with van der Waals surface area (Å²) in [5.74, 6) is 0.529. The summed E-state index contributed by atoms with van der Waals surface area (Å²) in [5, 5.41) is 9.59. The second kappa shape index (κ2) is 17.4. The molecule has 7 rings (SSSR count). The van der Waals surface area contributed by atoms with E-state index in [0.29, 0.717) is 42.2 Å². The van der Waals surface area contributed by atoms with E-state index in [2.05, 4.69) is 33.7 Å². The summed E-state index contributed by atoms with van der Waals surface area (Å²) in [4.78, 5) is 62.6. The highest BCUT2D eigenvalue weighted by molar-refractivity contribution is 5.86. The first-order chi connectivity index (χ1) is 28.0. The molecule has 58 heavy (non-hydrogen) atoms. The van der Waals surface area contributed by atoms with Crippen LogP contribution in [0.5, 0.6) is 0 Å². The van der Waals surface area contributed by atoms with Gasteiger partial charge in [0.15, 0.2) is 0 Å². The van der Waals surface area contributed by atoms with E-state index in [1.165, 1.54) is 13.1 Å². The van der Waals surface area contributed by atoms with Gasteiger partial charge < -0.3 is 24.9 Å². The van der Waals surface area contributed by atoms with Crippen LogP contribution in [0.15, 0.2) is 85.2 Å². The molecular weight excluding hydrogens is 736 g/mol. The highest BCUT2D eigenvalue weighted by Gasteiger charge is 2.40. The largest absolute Gasteiger partial charge is 0.465 e. The molecule has 12 nitrogen and oxygen atoms in total. The third kappa shape index (κ3) is 8.00. The Bertz CT molecular complexity index is 2220. The van der Waals surface area contributed by atoms with Crippen molar-refractivity contribution in [3.63, 3.8) is 0 Å². The Kier molecular flexibility index (Phi) is 12.1. The van der Waals surface area contributed by atoms with Gasteiger partial charge in [0.2, 0.25) is 11.8 Å². The summed E-state index contributed by atoms with van der Waals surface area (Å²) in [7, 11) is 1.42. The normalized spacial score (nSPS) is 17.9. The number of halogens is 1. The molecule has 304 valence electrons. The van der Waals surface area contributed by atoms with Crippen LogP contribution >= 0.6 is 0 Å². The van der Waals surface area contributed by atoms with E-state index in [1.54, 1.807) is 17.2 Å². The average molecular weight is 789 g/mol. The molecule has 0 radical (unpaired) electrons. The summed E-state index contributed by atoms with van der Waals surface area (Å²) in [5.41, 5.74) is 5.19. The zero-order valence-electron chi connectivity index (χ0n) is 33.9. The molecule has 2 aliphatic heterocycles. The molecule has 4 heterocycles. The third-order valence-corrected chi connectivity index (χ3v) is 11.8. The lowest BCUT2D eigenvalue weighted by Crippen LogP contribution is -2.51. The number of benzene rings is 3. The Morgan fingerprint density at radius 2 is 1.34 bits per heavy atom. The van der Waals surface area contributed by atoms with E-state index in [0.717, 1.165) is 65.5 Å². The van der Waals surface area contributed by atoms with Crippen molar-refractivity contribution in [3.05, 3.63) is 108 Å². The highest BCUT2D eigenvalue weighted by Crippen LogP contribution is 2.37. The van der Waals surface area contributed by atoms with Crippen LogP contribution in [0.2, 0.25) is 0 Å². The summed E-state index contributed by atoms with van der Waals surface area (Å²) in [6, 6.07) is 21.3. The van der Waals surface area contributed by atoms with E-state index in [4.69, 9.17) is 4.98 Å². The molecule has 3 amide bonds. The van der Waals surface area contributed by atoms with Crippen molar-refractivity contribution in [2.45, 2.75) is 77.5 Å². The number of H-pyrrole nitrogens is 2. The van der Waals surface area contributed by atoms with Crippen molar-refractivity contribution in [2.75, 3.05) is 33.2 Å². The van der Waals surface area contributed by atoms with Gasteiger partial charge in [0.05, 0.1) is 35.9 Å². The Morgan fingerprint density at radius 1 is 0.793 bits per heavy atom. The van der Waals surface area contributed by atoms with Gasteiger partial charge in [-0.1, -0.05) is 88.4 Å². The van der Waals surface area contributed by atoms with Crippen LogP contribution in [0, 0.1) is 11.7 Å². The number of aromatic nitrogens is 4. The van der Waals surface area contributed by atoms with E-state index in [1.807, 2.05) is 85.6 Å². The second-order valence-corrected chi connectivity index (χ2v) is 15.6. The van der Waals surface area contributed by atoms with Crippen LogP contribution in [0.3, 0.4) is 0 Å². The topological polar surface area (TPSA) is 142 Å². The Balaban J connectivity index is 1.04. The number of amides is 3. The molecule has 0 bridgehead atoms. The number of nitrogens with zero attached hydrogens (tertiary/aromatic N) is 6. The van der Waals surface area contributed by atoms with Crippen LogP contribution in [0.1, 0.15) is 88.7 Å². The van der Waals surface area contributed by atoms with E-state index >= 15 is 4.39 Å². The maximum absolute atomic E-state index is 15.8. The molecule has 2 saturated heterocycles. The molecule has 5 aromatic rings. The zero-order chi connectivity index (χ0) is 41.1. The number of rotatable bonds is 13. The van der Waals surface area contributed by atoms with Crippen molar-refractivity contribution in [1.82, 2.24) is 39.5 Å². The molecule has 2 unspecified atom stereocenters. The Morgan fingerprint density at radius 3 is 1.91 bits per heavy atom. The van der Waals surface area contributed by atoms with Gasteiger partial charge in [0, 0.05) is 25.7 Å². The van der Waals surface area contributed by atoms with Crippen LogP contribution < -0.4 is 0 Å². The third-order valence-electron chi connectivity index (χ3n) is 11.8. The first-order valence-corrected chi connectivity index (χ1v) is 20.4. The van der Waals surface area contributed by atoms with Gasteiger partial charge in [-0.3, -0.25) is 19.4 Å². The Hall–Kier alpha value is -5.82. The monoisotopic (exact) mass is 788 g/mol. The van der Waals surface area contributed by atoms with Gasteiger partial charge in [-0.25, -0.2) is 19.2 Å². The lowest BCUT2D eigenvalue weighted by atomic mass is 10.0. The Labute approximate surface area is 339 Å². The highest BCUT2D eigenvalue weighted by atomic mass is 19.1. The predicted octanol–water partition coefficient (Wildman–Crippen LogP) is 8.32. The smallest absolute Gasteiger partial charge is 0.407 e. The van der Waals surface area contributed by atoms with Crippen molar-refractivity contribution in [1.29, 1.82) is 0 Å². The predicted molar refractivity (Wildman–Crippen MR) is 221 cm³/mol. The summed E-state index contributed by atoms with van der Waals surface area (Å²) in [6.45, 7) is 10.6. The first-order valence-electron chi connectivity index (χ1n) is 20.4. The van der Waals surface area contributed by atoms with Crippen LogP contribution in [-0.2, 0) is 9.59 Å². The van der Waals surface area contributed by atoms with Crippen molar-refractivity contribution < 1.29 is 23.9 Å². The fourth-order valence-corrected chi connectivity index (χ4v) is 8.76. The van der Waals surface area contributed by atoms with E-state index in [9.17, 15) is 19.5 Å². The zero-order valence-corrected chi connectivity index (χ0v) is 33.9. The first kappa shape index (κ1) is 40.4. The lowest BCUT2D eigenvalue weighted by Gasteiger charge is -2.34. The van der Waals surface area contributed by atoms with E-state index < -0.39 is 18.0 Å². The van der Waals surface area contributed by atoms with E-state index in [-0.39, 0.29) is 35.9 Å². The molecule has 0 aliphatic carbocycles. The molecule has 2 fully saturated rings. The number of hydrogen-bond acceptors (Lipinski definition) is 6. The SMILES string of the molecule is CCN(CC)C(C(=O)N1CCCC1c1ncc(-c2ccc(-c3ccc(-c4cnc([C@@H]5CCCN5C(=O)[C@H](C(C)C)N(C)C(=O)O)[nH]4)c(F)c3)cc2)[nH]1)c1ccccc1. The molecule has 0 spiro atoms. The molecule has 4 atom stereocenters. The van der Waals surface area contributed by atoms with Gasteiger partial charge in [-0.05, 0) is 79.1 Å². The maximum atomic E-state index is 15.8. The molecule has 2 aromatic heterocycles. The summed E-state index contributed by atoms with van der Waals surface area (Å²) < 4.78 is 15.8. The average Bonchev–Trinajstić information content (AvgIpc) is 4.07. The van der Waals surface area contributed by atoms with Gasteiger partial charge >= 0.3 is 6.09 Å². The molecule has 3 N–H and O–H groups in total. The summed E-state index contributed by atoms with van der Waals surface area (Å²) >= 11 is 0. The number of nitrogens with one attached hydrogen (secondary N) is 2. The lowest BCUT2D eigenvalue weighted by molar-refractivity contribution is -0.139. The molecule has 0 saturated carbocycles. The second-order valence-electron chi connectivity index (χ2n) is 15.6. The van der Waals surface area contributed by atoms with Crippen molar-refractivity contribution in [3.8, 4) is 33.6 Å². The van der Waals surface area contributed by atoms with Gasteiger partial charge in [0.1, 0.15) is 29.5 Å². The van der Waals surface area contributed by atoms with Gasteiger partial charge in [0.25, 0.3) is 0 Å². The van der Waals surface area contributed by atoms with Crippen LogP contribution in [-0.4, -0.2) is 102 Å². The minimum absolute atomic E-state index is 0.0980. The molecular formula is C45H53FN8O4. The number of likely N-dealkylation sites (N-methyl/N-ethyl adjacent to an activating group) is 2. The quantitative estimate of drug-likeness (QED) is 0.109. The minimum atomic E-state index is -1.16. The van der Waals surface area contributed by atoms with Gasteiger partial charge in [-0.2, -0.15) is 0 Å². The number of carbonyl (C=O) groups excluding carboxylic acids is 2. The summed E-state index contributed by atoms with van der Waals surface area (Å²) in [6.07, 6.45) is 5.41. The fraction of sp³-hybridized carbons (Fsp3) is 0.400.